The molecule has 1 saturated heterocycles. The molecule has 2 rings (SSSR count). The molecule has 0 spiro atoms. The smallest absolute Gasteiger partial charge is 0.417 e. The van der Waals surface area contributed by atoms with E-state index in [0.29, 0.717) is 19.1 Å². The van der Waals surface area contributed by atoms with Gasteiger partial charge in [0.2, 0.25) is 5.88 Å². The Morgan fingerprint density at radius 3 is 2.72 bits per heavy atom. The normalized spacial score (nSPS) is 18.7. The molecule has 0 bridgehead atoms. The minimum Gasteiger partial charge on any atom is -0.452 e. The zero-order chi connectivity index (χ0) is 18.2. The molecule has 1 atom stereocenters. The summed E-state index contributed by atoms with van der Waals surface area (Å²) in [6.07, 6.45) is 3.45. The van der Waals surface area contributed by atoms with Crippen LogP contribution < -0.4 is 0 Å². The number of rotatable bonds is 8. The van der Waals surface area contributed by atoms with Crippen molar-refractivity contribution in [1.82, 2.24) is 4.90 Å². The third-order valence-electron chi connectivity index (χ3n) is 4.04. The maximum absolute atomic E-state index is 12.2. The van der Waals surface area contributed by atoms with Gasteiger partial charge in [-0.15, -0.1) is 0 Å². The lowest BCUT2D eigenvalue weighted by molar-refractivity contribution is -0.0537. The average molecular weight is 345 g/mol. The Bertz CT molecular complexity index is 622. The number of amides is 1. The second-order valence-electron chi connectivity index (χ2n) is 6.34. The SMILES string of the molecule is C/C=C/C(C)=C(/OCOCc1ccccc1)N1C(=O)OC[C@@H]1C(C)C. The molecule has 136 valence electrons. The first kappa shape index (κ1) is 19.1. The Labute approximate surface area is 149 Å². The van der Waals surface area contributed by atoms with Crippen LogP contribution in [-0.2, 0) is 20.8 Å². The van der Waals surface area contributed by atoms with Crippen molar-refractivity contribution in [2.75, 3.05) is 13.4 Å². The first-order valence-electron chi connectivity index (χ1n) is 8.58. The lowest BCUT2D eigenvalue weighted by Crippen LogP contribution is -2.38. The average Bonchev–Trinajstić information content (AvgIpc) is 2.98. The fourth-order valence-electron chi connectivity index (χ4n) is 2.69. The minimum absolute atomic E-state index is 0.0446. The van der Waals surface area contributed by atoms with Crippen LogP contribution in [0.3, 0.4) is 0 Å². The number of allylic oxidation sites excluding steroid dienone is 3. The number of carbonyl (C=O) groups excluding carboxylic acids is 1. The lowest BCUT2D eigenvalue weighted by Gasteiger charge is -2.27. The van der Waals surface area contributed by atoms with E-state index >= 15 is 0 Å². The number of nitrogens with zero attached hydrogens (tertiary/aromatic N) is 1. The number of ether oxygens (including phenoxy) is 3. The van der Waals surface area contributed by atoms with Crippen molar-refractivity contribution in [1.29, 1.82) is 0 Å². The standard InChI is InChI=1S/C20H27NO4/c1-5-9-16(4)19(21-18(15(2)3)13-24-20(21)22)25-14-23-12-17-10-7-6-8-11-17/h5-11,15,18H,12-14H2,1-4H3/b9-5+,19-16+/t18-/m1/s1. The minimum atomic E-state index is -0.374. The molecule has 0 N–H and O–H groups in total. The summed E-state index contributed by atoms with van der Waals surface area (Å²) in [7, 11) is 0. The number of hydrogen-bond donors (Lipinski definition) is 0. The molecule has 1 heterocycles. The van der Waals surface area contributed by atoms with E-state index in [9.17, 15) is 4.79 Å². The molecule has 1 fully saturated rings. The Hall–Kier alpha value is -2.27. The van der Waals surface area contributed by atoms with Gasteiger partial charge in [0.25, 0.3) is 0 Å². The van der Waals surface area contributed by atoms with Crippen LogP contribution >= 0.6 is 0 Å². The first-order valence-corrected chi connectivity index (χ1v) is 8.58. The van der Waals surface area contributed by atoms with Gasteiger partial charge in [0, 0.05) is 5.57 Å². The first-order chi connectivity index (χ1) is 12.0. The molecule has 1 aromatic carbocycles. The van der Waals surface area contributed by atoms with E-state index in [1.807, 2.05) is 56.3 Å². The Morgan fingerprint density at radius 1 is 1.36 bits per heavy atom. The van der Waals surface area contributed by atoms with Gasteiger partial charge in [0.1, 0.15) is 6.61 Å². The van der Waals surface area contributed by atoms with Gasteiger partial charge in [-0.1, -0.05) is 56.3 Å². The van der Waals surface area contributed by atoms with Crippen LogP contribution in [0.25, 0.3) is 0 Å². The van der Waals surface area contributed by atoms with Crippen LogP contribution in [0.1, 0.15) is 33.3 Å². The van der Waals surface area contributed by atoms with Gasteiger partial charge < -0.3 is 14.2 Å². The van der Waals surface area contributed by atoms with E-state index in [1.165, 1.54) is 0 Å². The Morgan fingerprint density at radius 2 is 2.08 bits per heavy atom. The highest BCUT2D eigenvalue weighted by atomic mass is 16.7. The lowest BCUT2D eigenvalue weighted by atomic mass is 10.0. The van der Waals surface area contributed by atoms with E-state index in [-0.39, 0.29) is 24.8 Å². The van der Waals surface area contributed by atoms with Gasteiger partial charge >= 0.3 is 6.09 Å². The molecule has 25 heavy (non-hydrogen) atoms. The van der Waals surface area contributed by atoms with Crippen molar-refractivity contribution in [3.05, 3.63) is 59.5 Å². The quantitative estimate of drug-likeness (QED) is 0.302. The van der Waals surface area contributed by atoms with Crippen LogP contribution in [0.5, 0.6) is 0 Å². The summed E-state index contributed by atoms with van der Waals surface area (Å²) in [4.78, 5) is 13.8. The van der Waals surface area contributed by atoms with Crippen molar-refractivity contribution < 1.29 is 19.0 Å². The molecule has 0 aromatic heterocycles. The number of hydrogen-bond acceptors (Lipinski definition) is 4. The second kappa shape index (κ2) is 9.28. The molecule has 0 radical (unpaired) electrons. The van der Waals surface area contributed by atoms with Crippen molar-refractivity contribution >= 4 is 6.09 Å². The van der Waals surface area contributed by atoms with Crippen molar-refractivity contribution in [3.63, 3.8) is 0 Å². The maximum Gasteiger partial charge on any atom is 0.417 e. The summed E-state index contributed by atoms with van der Waals surface area (Å²) >= 11 is 0. The molecule has 5 heteroatoms. The highest BCUT2D eigenvalue weighted by Gasteiger charge is 2.39. The summed E-state index contributed by atoms with van der Waals surface area (Å²) in [5.74, 6) is 0.751. The zero-order valence-corrected chi connectivity index (χ0v) is 15.4. The molecular formula is C20H27NO4. The third-order valence-corrected chi connectivity index (χ3v) is 4.04. The van der Waals surface area contributed by atoms with Gasteiger partial charge in [-0.2, -0.15) is 0 Å². The zero-order valence-electron chi connectivity index (χ0n) is 15.4. The van der Waals surface area contributed by atoms with E-state index in [2.05, 4.69) is 13.8 Å². The summed E-state index contributed by atoms with van der Waals surface area (Å²) in [5, 5.41) is 0. The van der Waals surface area contributed by atoms with Crippen LogP contribution in [0.15, 0.2) is 53.9 Å². The van der Waals surface area contributed by atoms with Crippen LogP contribution in [0, 0.1) is 5.92 Å². The molecule has 1 amide bonds. The van der Waals surface area contributed by atoms with Crippen molar-refractivity contribution in [2.45, 2.75) is 40.3 Å². The monoisotopic (exact) mass is 345 g/mol. The predicted molar refractivity (Wildman–Crippen MR) is 96.5 cm³/mol. The fraction of sp³-hybridized carbons (Fsp3) is 0.450. The number of cyclic esters (lactones) is 1. The van der Waals surface area contributed by atoms with E-state index in [1.54, 1.807) is 4.90 Å². The van der Waals surface area contributed by atoms with E-state index in [4.69, 9.17) is 14.2 Å². The molecule has 5 nitrogen and oxygen atoms in total. The number of benzene rings is 1. The van der Waals surface area contributed by atoms with Crippen molar-refractivity contribution in [3.8, 4) is 0 Å². The van der Waals surface area contributed by atoms with Gasteiger partial charge in [-0.05, 0) is 25.3 Å². The highest BCUT2D eigenvalue weighted by molar-refractivity contribution is 5.72. The van der Waals surface area contributed by atoms with Gasteiger partial charge in [-0.25, -0.2) is 9.69 Å². The van der Waals surface area contributed by atoms with Crippen LogP contribution in [0.2, 0.25) is 0 Å². The van der Waals surface area contributed by atoms with Crippen LogP contribution in [-0.4, -0.2) is 30.4 Å². The molecular weight excluding hydrogens is 318 g/mol. The molecule has 0 aliphatic carbocycles. The summed E-state index contributed by atoms with van der Waals surface area (Å²) in [6.45, 7) is 8.85. The largest absolute Gasteiger partial charge is 0.452 e. The summed E-state index contributed by atoms with van der Waals surface area (Å²) < 4.78 is 16.7. The van der Waals surface area contributed by atoms with E-state index in [0.717, 1.165) is 11.1 Å². The van der Waals surface area contributed by atoms with Gasteiger partial charge in [-0.3, -0.25) is 0 Å². The fourth-order valence-corrected chi connectivity index (χ4v) is 2.69. The summed E-state index contributed by atoms with van der Waals surface area (Å²) in [5.41, 5.74) is 1.93. The topological polar surface area (TPSA) is 48.0 Å². The Kier molecular flexibility index (Phi) is 7.07. The van der Waals surface area contributed by atoms with Gasteiger partial charge in [0.05, 0.1) is 12.6 Å². The molecule has 1 aliphatic rings. The molecule has 1 aliphatic heterocycles. The van der Waals surface area contributed by atoms with Crippen molar-refractivity contribution in [2.24, 2.45) is 5.92 Å². The number of carbonyl (C=O) groups is 1. The highest BCUT2D eigenvalue weighted by Crippen LogP contribution is 2.27. The molecule has 1 aromatic rings. The Balaban J connectivity index is 2.06. The third kappa shape index (κ3) is 5.10. The summed E-state index contributed by atoms with van der Waals surface area (Å²) in [6, 6.07) is 9.84. The maximum atomic E-state index is 12.2. The van der Waals surface area contributed by atoms with E-state index < -0.39 is 0 Å². The van der Waals surface area contributed by atoms with Gasteiger partial charge in [0.15, 0.2) is 6.79 Å². The van der Waals surface area contributed by atoms with Crippen LogP contribution in [0.4, 0.5) is 4.79 Å². The molecule has 0 unspecified atom stereocenters. The molecule has 0 saturated carbocycles. The second-order valence-corrected chi connectivity index (χ2v) is 6.34. The predicted octanol–water partition coefficient (Wildman–Crippen LogP) is 4.46.